The van der Waals surface area contributed by atoms with Crippen molar-refractivity contribution in [3.8, 4) is 44.9 Å². The summed E-state index contributed by atoms with van der Waals surface area (Å²) in [6.07, 6.45) is 0. The van der Waals surface area contributed by atoms with Gasteiger partial charge in [-0.15, -0.1) is 0 Å². The van der Waals surface area contributed by atoms with Crippen LogP contribution in [0.15, 0.2) is 392 Å². The van der Waals surface area contributed by atoms with Gasteiger partial charge in [-0.2, -0.15) is 0 Å². The van der Waals surface area contributed by atoms with Gasteiger partial charge in [0.15, 0.2) is 24.2 Å². The largest absolute Gasteiger partial charge is 0.458 e. The Morgan fingerprint density at radius 3 is 0.942 bits per heavy atom. The molecule has 6 heteroatoms. The van der Waals surface area contributed by atoms with E-state index in [2.05, 4.69) is 424 Å². The van der Waals surface area contributed by atoms with Crippen LogP contribution in [0.3, 0.4) is 0 Å². The van der Waals surface area contributed by atoms with Crippen LogP contribution in [0.2, 0.25) is 0 Å². The van der Waals surface area contributed by atoms with Gasteiger partial charge in [0.2, 0.25) is 0 Å². The zero-order valence-corrected chi connectivity index (χ0v) is 63.6. The zero-order chi connectivity index (χ0) is 70.6. The first-order valence-corrected chi connectivity index (χ1v) is 43.4. The van der Waals surface area contributed by atoms with Crippen LogP contribution in [-0.4, -0.2) is 30.9 Å². The molecule has 2 heterocycles. The van der Waals surface area contributed by atoms with Gasteiger partial charge in [-0.3, -0.25) is 0 Å². The fraction of sp³-hybridized carbons (Fsp3) is 0.0816. The Hall–Kier alpha value is -10.8. The second kappa shape index (κ2) is 27.1. The van der Waals surface area contributed by atoms with E-state index in [0.717, 1.165) is 11.5 Å². The van der Waals surface area contributed by atoms with Crippen LogP contribution in [0.1, 0.15) is 52.7 Å². The average molecular weight is 1400 g/mol. The third-order valence-corrected chi connectivity index (χ3v) is 37.4. The van der Waals surface area contributed by atoms with Crippen molar-refractivity contribution in [3.05, 3.63) is 393 Å². The van der Waals surface area contributed by atoms with E-state index in [0.29, 0.717) is 0 Å². The second-order valence-electron chi connectivity index (χ2n) is 30.3. The lowest BCUT2D eigenvalue weighted by molar-refractivity contribution is 0.487. The Morgan fingerprint density at radius 1 is 0.231 bits per heavy atom. The normalized spacial score (nSPS) is 12.7. The van der Waals surface area contributed by atoms with Crippen molar-refractivity contribution in [1.82, 2.24) is 0 Å². The van der Waals surface area contributed by atoms with Crippen molar-refractivity contribution in [3.63, 3.8) is 0 Å². The molecule has 17 rings (SSSR count). The van der Waals surface area contributed by atoms with Gasteiger partial charge in [0.05, 0.1) is 0 Å². The second-order valence-corrected chi connectivity index (χ2v) is 42.8. The predicted molar refractivity (Wildman–Crippen MR) is 453 cm³/mol. The Balaban J connectivity index is 0.978. The van der Waals surface area contributed by atoms with Crippen molar-refractivity contribution in [2.75, 3.05) is 0 Å². The SMILES string of the molecule is CC(C)(C)c1cc(-c2ccccc2)cc([Si](c2ccccc2)(c2ccccc2)c2ccc3c(c2)B2c4cc([Si](c5ccccc5)(c5ccccc5)c5cc(-c6ccccc6)cc(C(C)(C)C)c5)ccc4Sc4cc([Si](c5ccccc5)(c5ccccc5)c5cccc(-c6ccccc6)c5)cc(c42)O3)c1. The quantitative estimate of drug-likeness (QED) is 0.0747. The predicted octanol–water partition coefficient (Wildman–Crippen LogP) is 14.5. The molecule has 2 aliphatic heterocycles. The molecule has 500 valence electrons. The molecule has 0 unspecified atom stereocenters. The maximum Gasteiger partial charge on any atom is 0.253 e. The smallest absolute Gasteiger partial charge is 0.253 e. The van der Waals surface area contributed by atoms with Crippen LogP contribution in [0.5, 0.6) is 11.5 Å². The van der Waals surface area contributed by atoms with Crippen LogP contribution in [-0.2, 0) is 10.8 Å². The summed E-state index contributed by atoms with van der Waals surface area (Å²) in [5.74, 6) is 1.79. The topological polar surface area (TPSA) is 9.23 Å². The number of rotatable bonds is 15. The Kier molecular flexibility index (Phi) is 17.3. The molecule has 0 bridgehead atoms. The summed E-state index contributed by atoms with van der Waals surface area (Å²) in [6.45, 7) is 14.0. The molecule has 0 saturated heterocycles. The highest BCUT2D eigenvalue weighted by atomic mass is 32.2. The monoisotopic (exact) mass is 1400 g/mol. The molecule has 15 aromatic rings. The summed E-state index contributed by atoms with van der Waals surface area (Å²) in [5, 5.41) is 15.9. The van der Waals surface area contributed by atoms with Crippen LogP contribution < -0.4 is 83.4 Å². The van der Waals surface area contributed by atoms with Gasteiger partial charge in [0, 0.05) is 9.79 Å². The highest BCUT2D eigenvalue weighted by Gasteiger charge is 2.50. The molecule has 0 aromatic heterocycles. The lowest BCUT2D eigenvalue weighted by Crippen LogP contribution is -2.76. The Labute approximate surface area is 621 Å². The fourth-order valence-electron chi connectivity index (χ4n) is 17.0. The summed E-state index contributed by atoms with van der Waals surface area (Å²) >= 11 is 1.92. The molecule has 0 N–H and O–H groups in total. The van der Waals surface area contributed by atoms with E-state index in [1.54, 1.807) is 0 Å². The standard InChI is InChI=1S/C98H81BOSSi3/c1-97(2,3)76-59-74(71-37-18-8-19-38-71)62-87(64-76)103(80-46-26-12-27-47-80,81-48-28-13-29-49-81)85-55-57-92-90(66-85)99-91-67-86(104(82-50-30-14-31-51-82,83-52-32-15-33-53-83)88-63-75(72-39-20-9-21-40-72)60-77(65-88)98(4,5)6)56-58-94(91)101-95-69-89(68-93(100-92)96(95)99)102(78-42-22-10-23-43-78,79-44-24-11-25-45-79)84-54-34-41-73(61-84)70-35-16-7-17-36-70/h7-69H,1-6H3. The Morgan fingerprint density at radius 2 is 0.548 bits per heavy atom. The van der Waals surface area contributed by atoms with Crippen LogP contribution >= 0.6 is 11.8 Å². The molecule has 1 nitrogen and oxygen atoms in total. The highest BCUT2D eigenvalue weighted by molar-refractivity contribution is 8.00. The molecule has 0 atom stereocenters. The third-order valence-electron chi connectivity index (χ3n) is 22.1. The molecule has 15 aromatic carbocycles. The summed E-state index contributed by atoms with van der Waals surface area (Å²) in [7, 11) is -9.81. The third kappa shape index (κ3) is 11.6. The van der Waals surface area contributed by atoms with Crippen LogP contribution in [0.4, 0.5) is 0 Å². The van der Waals surface area contributed by atoms with Crippen LogP contribution in [0, 0.1) is 0 Å². The fourth-order valence-corrected chi connectivity index (χ4v) is 32.8. The number of ether oxygens (including phenoxy) is 1. The lowest BCUT2D eigenvalue weighted by Gasteiger charge is -2.40. The van der Waals surface area contributed by atoms with Crippen molar-refractivity contribution in [2.24, 2.45) is 0 Å². The zero-order valence-electron chi connectivity index (χ0n) is 59.8. The number of benzene rings is 15. The first kappa shape index (κ1) is 66.4. The van der Waals surface area contributed by atoms with Gasteiger partial charge < -0.3 is 4.74 Å². The Bertz CT molecular complexity index is 5230. The molecule has 0 fully saturated rings. The van der Waals surface area contributed by atoms with Crippen molar-refractivity contribution in [2.45, 2.75) is 62.2 Å². The minimum absolute atomic E-state index is 0.149. The van der Waals surface area contributed by atoms with Gasteiger partial charge in [-0.1, -0.05) is 417 Å². The van der Waals surface area contributed by atoms with E-state index in [1.165, 1.54) is 133 Å². The number of fused-ring (bicyclic) bond motifs is 4. The molecule has 0 radical (unpaired) electrons. The molecule has 104 heavy (non-hydrogen) atoms. The van der Waals surface area contributed by atoms with E-state index in [4.69, 9.17) is 4.74 Å². The molecule has 0 amide bonds. The highest BCUT2D eigenvalue weighted by Crippen LogP contribution is 2.38. The van der Waals surface area contributed by atoms with Crippen molar-refractivity contribution >= 4 is 121 Å². The summed E-state index contributed by atoms with van der Waals surface area (Å²) in [4.78, 5) is 2.48. The van der Waals surface area contributed by atoms with Gasteiger partial charge in [0.1, 0.15) is 11.5 Å². The van der Waals surface area contributed by atoms with Gasteiger partial charge in [-0.05, 0) is 153 Å². The van der Waals surface area contributed by atoms with E-state index in [1.807, 2.05) is 11.8 Å². The summed E-state index contributed by atoms with van der Waals surface area (Å²) in [5.41, 5.74) is 13.3. The first-order valence-electron chi connectivity index (χ1n) is 36.5. The maximum atomic E-state index is 7.94. The average Bonchev–Trinajstić information content (AvgIpc) is 0.697. The van der Waals surface area contributed by atoms with Crippen molar-refractivity contribution in [1.29, 1.82) is 0 Å². The van der Waals surface area contributed by atoms with Crippen LogP contribution in [0.25, 0.3) is 33.4 Å². The van der Waals surface area contributed by atoms with Gasteiger partial charge >= 0.3 is 0 Å². The lowest BCUT2D eigenvalue weighted by atomic mass is 9.35. The molecule has 0 spiro atoms. The number of hydrogen-bond donors (Lipinski definition) is 0. The van der Waals surface area contributed by atoms with Gasteiger partial charge in [0.25, 0.3) is 6.71 Å². The molecular formula is C98H81BOSSi3. The number of hydrogen-bond acceptors (Lipinski definition) is 2. The van der Waals surface area contributed by atoms with Crippen molar-refractivity contribution < 1.29 is 4.74 Å². The molecule has 2 aliphatic rings. The summed E-state index contributed by atoms with van der Waals surface area (Å²) in [6, 6.07) is 147. The first-order chi connectivity index (χ1) is 50.8. The summed E-state index contributed by atoms with van der Waals surface area (Å²) < 4.78 is 7.94. The van der Waals surface area contributed by atoms with E-state index < -0.39 is 24.2 Å². The maximum absolute atomic E-state index is 7.94. The van der Waals surface area contributed by atoms with E-state index in [9.17, 15) is 0 Å². The van der Waals surface area contributed by atoms with E-state index in [-0.39, 0.29) is 17.5 Å². The molecule has 0 saturated carbocycles. The molecular weight excluding hydrogens is 1320 g/mol. The minimum Gasteiger partial charge on any atom is -0.458 e. The minimum atomic E-state index is -3.31. The van der Waals surface area contributed by atoms with E-state index >= 15 is 0 Å². The molecule has 0 aliphatic carbocycles. The van der Waals surface area contributed by atoms with Gasteiger partial charge in [-0.25, -0.2) is 0 Å².